The minimum atomic E-state index is -3.57. The Balaban J connectivity index is 1.47. The molecule has 1 saturated carbocycles. The second kappa shape index (κ2) is 8.67. The minimum absolute atomic E-state index is 0.0557. The molecule has 1 aromatic carbocycles. The molecule has 1 aromatic rings. The van der Waals surface area contributed by atoms with Crippen molar-refractivity contribution in [3.05, 3.63) is 23.8 Å². The lowest BCUT2D eigenvalue weighted by molar-refractivity contribution is -0.129. The number of hydrogen-bond donors (Lipinski definition) is 1. The van der Waals surface area contributed by atoms with E-state index in [-0.39, 0.29) is 35.1 Å². The van der Waals surface area contributed by atoms with E-state index in [1.807, 2.05) is 11.8 Å². The van der Waals surface area contributed by atoms with E-state index in [0.29, 0.717) is 25.3 Å². The Kier molecular flexibility index (Phi) is 6.16. The summed E-state index contributed by atoms with van der Waals surface area (Å²) in [6, 6.07) is 5.17. The Morgan fingerprint density at radius 3 is 2.47 bits per heavy atom. The lowest BCUT2D eigenvalue weighted by Crippen LogP contribution is -2.36. The van der Waals surface area contributed by atoms with E-state index < -0.39 is 10.0 Å². The molecule has 2 heterocycles. The van der Waals surface area contributed by atoms with Gasteiger partial charge in [-0.1, -0.05) is 25.3 Å². The number of piperidine rings is 1. The highest BCUT2D eigenvalue weighted by Crippen LogP contribution is 2.31. The zero-order chi connectivity index (χ0) is 21.3. The summed E-state index contributed by atoms with van der Waals surface area (Å²) in [5.74, 6) is -0.542. The van der Waals surface area contributed by atoms with E-state index in [0.717, 1.165) is 50.5 Å². The van der Waals surface area contributed by atoms with Gasteiger partial charge in [-0.15, -0.1) is 0 Å². The van der Waals surface area contributed by atoms with Gasteiger partial charge in [0.05, 0.1) is 10.8 Å². The number of rotatable bonds is 5. The summed E-state index contributed by atoms with van der Waals surface area (Å²) in [6.45, 7) is 3.38. The average Bonchev–Trinajstić information content (AvgIpc) is 3.39. The molecule has 3 aliphatic rings. The summed E-state index contributed by atoms with van der Waals surface area (Å²) >= 11 is 0. The molecule has 0 unspecified atom stereocenters. The monoisotopic (exact) mass is 433 g/mol. The highest BCUT2D eigenvalue weighted by Gasteiger charge is 2.38. The molecule has 4 rings (SSSR count). The first kappa shape index (κ1) is 21.3. The first-order valence-electron chi connectivity index (χ1n) is 11.1. The number of hydrogen-bond acceptors (Lipinski definition) is 4. The van der Waals surface area contributed by atoms with Crippen LogP contribution in [-0.2, 0) is 19.6 Å². The van der Waals surface area contributed by atoms with Gasteiger partial charge in [-0.05, 0) is 50.3 Å². The largest absolute Gasteiger partial charge is 0.339 e. The number of amides is 2. The summed E-state index contributed by atoms with van der Waals surface area (Å²) < 4.78 is 27.5. The van der Waals surface area contributed by atoms with Crippen LogP contribution in [-0.4, -0.2) is 55.1 Å². The number of benzene rings is 1. The van der Waals surface area contributed by atoms with Crippen molar-refractivity contribution >= 4 is 27.5 Å². The lowest BCUT2D eigenvalue weighted by atomic mass is 10.1. The SMILES string of the molecule is Cc1ccc(S(=O)(=O)N2CCCCC2)cc1NC(=O)[C@H]1CC(=O)N(C2CCCC2)C1. The molecule has 1 aliphatic carbocycles. The van der Waals surface area contributed by atoms with Crippen molar-refractivity contribution in [1.29, 1.82) is 0 Å². The molecule has 164 valence electrons. The van der Waals surface area contributed by atoms with Crippen molar-refractivity contribution in [3.63, 3.8) is 0 Å². The molecule has 1 N–H and O–H groups in total. The van der Waals surface area contributed by atoms with Gasteiger partial charge < -0.3 is 10.2 Å². The number of aryl methyl sites for hydroxylation is 1. The smallest absolute Gasteiger partial charge is 0.243 e. The van der Waals surface area contributed by atoms with Crippen molar-refractivity contribution in [2.75, 3.05) is 25.0 Å². The van der Waals surface area contributed by atoms with Crippen LogP contribution in [0.25, 0.3) is 0 Å². The van der Waals surface area contributed by atoms with Crippen LogP contribution in [0.15, 0.2) is 23.1 Å². The topological polar surface area (TPSA) is 86.8 Å². The maximum absolute atomic E-state index is 13.0. The Morgan fingerprint density at radius 2 is 1.77 bits per heavy atom. The zero-order valence-corrected chi connectivity index (χ0v) is 18.4. The number of nitrogens with one attached hydrogen (secondary N) is 1. The van der Waals surface area contributed by atoms with Crippen LogP contribution in [0.5, 0.6) is 0 Å². The summed E-state index contributed by atoms with van der Waals surface area (Å²) in [4.78, 5) is 27.4. The zero-order valence-electron chi connectivity index (χ0n) is 17.6. The van der Waals surface area contributed by atoms with Gasteiger partial charge >= 0.3 is 0 Å². The highest BCUT2D eigenvalue weighted by molar-refractivity contribution is 7.89. The van der Waals surface area contributed by atoms with Crippen LogP contribution in [0.3, 0.4) is 0 Å². The number of carbonyl (C=O) groups is 2. The lowest BCUT2D eigenvalue weighted by Gasteiger charge is -2.26. The first-order chi connectivity index (χ1) is 14.4. The summed E-state index contributed by atoms with van der Waals surface area (Å²) in [5.41, 5.74) is 1.31. The average molecular weight is 434 g/mol. The van der Waals surface area contributed by atoms with E-state index >= 15 is 0 Å². The number of likely N-dealkylation sites (tertiary alicyclic amines) is 1. The van der Waals surface area contributed by atoms with Crippen LogP contribution >= 0.6 is 0 Å². The number of sulfonamides is 1. The standard InChI is InChI=1S/C22H31N3O4S/c1-16-9-10-19(30(28,29)24-11-5-2-6-12-24)14-20(16)23-22(27)17-13-21(26)25(15-17)18-7-3-4-8-18/h9-10,14,17-18H,2-8,11-13,15H2,1H3,(H,23,27)/t17-/m0/s1. The molecule has 3 fully saturated rings. The van der Waals surface area contributed by atoms with Crippen molar-refractivity contribution < 1.29 is 18.0 Å². The van der Waals surface area contributed by atoms with Crippen LogP contribution in [0, 0.1) is 12.8 Å². The maximum atomic E-state index is 13.0. The predicted octanol–water partition coefficient (Wildman–Crippen LogP) is 2.90. The molecular formula is C22H31N3O4S. The molecule has 7 nitrogen and oxygen atoms in total. The molecular weight excluding hydrogens is 402 g/mol. The van der Waals surface area contributed by atoms with Crippen molar-refractivity contribution in [2.24, 2.45) is 5.92 Å². The van der Waals surface area contributed by atoms with Crippen LogP contribution < -0.4 is 5.32 Å². The Bertz CT molecular complexity index is 918. The van der Waals surface area contributed by atoms with Gasteiger partial charge in [-0.3, -0.25) is 9.59 Å². The predicted molar refractivity (Wildman–Crippen MR) is 114 cm³/mol. The second-order valence-corrected chi connectivity index (χ2v) is 10.8. The van der Waals surface area contributed by atoms with Crippen LogP contribution in [0.1, 0.15) is 56.9 Å². The van der Waals surface area contributed by atoms with Gasteiger partial charge in [0, 0.05) is 37.8 Å². The van der Waals surface area contributed by atoms with Gasteiger partial charge in [-0.2, -0.15) is 4.31 Å². The molecule has 2 saturated heterocycles. The van der Waals surface area contributed by atoms with Crippen molar-refractivity contribution in [1.82, 2.24) is 9.21 Å². The van der Waals surface area contributed by atoms with Crippen molar-refractivity contribution in [3.8, 4) is 0 Å². The summed E-state index contributed by atoms with van der Waals surface area (Å²) in [7, 11) is -3.57. The number of carbonyl (C=O) groups excluding carboxylic acids is 2. The van der Waals surface area contributed by atoms with E-state index in [9.17, 15) is 18.0 Å². The molecule has 1 atom stereocenters. The fourth-order valence-corrected chi connectivity index (χ4v) is 6.41. The molecule has 0 bridgehead atoms. The van der Waals surface area contributed by atoms with E-state index in [1.54, 1.807) is 18.2 Å². The van der Waals surface area contributed by atoms with Gasteiger partial charge in [0.1, 0.15) is 0 Å². The molecule has 2 amide bonds. The Hall–Kier alpha value is -1.93. The molecule has 0 spiro atoms. The maximum Gasteiger partial charge on any atom is 0.243 e. The summed E-state index contributed by atoms with van der Waals surface area (Å²) in [6.07, 6.45) is 7.37. The molecule has 0 aromatic heterocycles. The minimum Gasteiger partial charge on any atom is -0.339 e. The highest BCUT2D eigenvalue weighted by atomic mass is 32.2. The number of nitrogens with zero attached hydrogens (tertiary/aromatic N) is 2. The summed E-state index contributed by atoms with van der Waals surface area (Å²) in [5, 5.41) is 2.90. The van der Waals surface area contributed by atoms with Crippen LogP contribution in [0.4, 0.5) is 5.69 Å². The van der Waals surface area contributed by atoms with E-state index in [4.69, 9.17) is 0 Å². The van der Waals surface area contributed by atoms with Gasteiger partial charge in [0.25, 0.3) is 0 Å². The third-order valence-corrected chi connectivity index (χ3v) is 8.61. The molecule has 8 heteroatoms. The van der Waals surface area contributed by atoms with E-state index in [2.05, 4.69) is 5.32 Å². The fraction of sp³-hybridized carbons (Fsp3) is 0.636. The van der Waals surface area contributed by atoms with Crippen molar-refractivity contribution in [2.45, 2.75) is 69.2 Å². The fourth-order valence-electron chi connectivity index (χ4n) is 4.86. The Morgan fingerprint density at radius 1 is 1.07 bits per heavy atom. The molecule has 2 aliphatic heterocycles. The molecule has 30 heavy (non-hydrogen) atoms. The van der Waals surface area contributed by atoms with Crippen LogP contribution in [0.2, 0.25) is 0 Å². The Labute approximate surface area is 178 Å². The van der Waals surface area contributed by atoms with E-state index in [1.165, 1.54) is 4.31 Å². The second-order valence-electron chi connectivity index (χ2n) is 8.82. The van der Waals surface area contributed by atoms with Gasteiger partial charge in [-0.25, -0.2) is 8.42 Å². The quantitative estimate of drug-likeness (QED) is 0.774. The van der Waals surface area contributed by atoms with Gasteiger partial charge in [0.2, 0.25) is 21.8 Å². The molecule has 0 radical (unpaired) electrons. The normalized spacial score (nSPS) is 23.8. The first-order valence-corrected chi connectivity index (χ1v) is 12.5. The third kappa shape index (κ3) is 4.25. The third-order valence-electron chi connectivity index (χ3n) is 6.71. The van der Waals surface area contributed by atoms with Gasteiger partial charge in [0.15, 0.2) is 0 Å². The number of anilines is 1.